The second kappa shape index (κ2) is 5.26. The third-order valence-corrected chi connectivity index (χ3v) is 4.59. The van der Waals surface area contributed by atoms with Crippen molar-refractivity contribution in [2.75, 3.05) is 0 Å². The minimum atomic E-state index is 0.0390. The van der Waals surface area contributed by atoms with E-state index in [2.05, 4.69) is 45.1 Å². The number of hydrogen-bond acceptors (Lipinski definition) is 2. The fourth-order valence-corrected chi connectivity index (χ4v) is 2.70. The van der Waals surface area contributed by atoms with Crippen molar-refractivity contribution in [3.63, 3.8) is 0 Å². The van der Waals surface area contributed by atoms with Gasteiger partial charge >= 0.3 is 0 Å². The summed E-state index contributed by atoms with van der Waals surface area (Å²) in [5.74, 6) is 0. The Bertz CT molecular complexity index is 682. The van der Waals surface area contributed by atoms with E-state index >= 15 is 0 Å². The smallest absolute Gasteiger partial charge is 0.0752 e. The average molecular weight is 303 g/mol. The molecule has 1 fully saturated rings. The fourth-order valence-electron chi connectivity index (χ4n) is 2.55. The predicted molar refractivity (Wildman–Crippen MR) is 90.1 cm³/mol. The highest BCUT2D eigenvalue weighted by molar-refractivity contribution is 6.32. The van der Waals surface area contributed by atoms with E-state index in [1.807, 2.05) is 6.07 Å². The molecule has 0 amide bonds. The lowest BCUT2D eigenvalue weighted by Crippen LogP contribution is -2.18. The highest BCUT2D eigenvalue weighted by atomic mass is 35.5. The zero-order chi connectivity index (χ0) is 15.2. The Labute approximate surface area is 131 Å². The minimum Gasteiger partial charge on any atom is -0.310 e. The van der Waals surface area contributed by atoms with Gasteiger partial charge in [0, 0.05) is 34.1 Å². The Morgan fingerprint density at radius 2 is 2.00 bits per heavy atom. The van der Waals surface area contributed by atoms with Crippen LogP contribution in [0.25, 0.3) is 10.9 Å². The topological polar surface area (TPSA) is 24.9 Å². The SMILES string of the molecule is Cc1c(Cl)ccc2c(CNC3CC3)cc(C(C)(C)C)nc12. The van der Waals surface area contributed by atoms with Crippen LogP contribution in [-0.2, 0) is 12.0 Å². The number of fused-ring (bicyclic) bond motifs is 1. The molecule has 0 saturated heterocycles. The van der Waals surface area contributed by atoms with Crippen LogP contribution in [0.15, 0.2) is 18.2 Å². The second-order valence-corrected chi connectivity index (χ2v) is 7.55. The van der Waals surface area contributed by atoms with Crippen LogP contribution in [0.4, 0.5) is 0 Å². The molecule has 2 nitrogen and oxygen atoms in total. The van der Waals surface area contributed by atoms with Crippen molar-refractivity contribution in [1.29, 1.82) is 0 Å². The van der Waals surface area contributed by atoms with Gasteiger partial charge < -0.3 is 5.32 Å². The first kappa shape index (κ1) is 14.8. The number of nitrogens with zero attached hydrogens (tertiary/aromatic N) is 1. The van der Waals surface area contributed by atoms with E-state index in [-0.39, 0.29) is 5.41 Å². The van der Waals surface area contributed by atoms with Crippen LogP contribution in [0, 0.1) is 6.92 Å². The Hall–Kier alpha value is -1.12. The molecule has 3 heteroatoms. The molecule has 1 heterocycles. The summed E-state index contributed by atoms with van der Waals surface area (Å²) in [7, 11) is 0. The number of pyridine rings is 1. The largest absolute Gasteiger partial charge is 0.310 e. The average Bonchev–Trinajstić information content (AvgIpc) is 3.23. The predicted octanol–water partition coefficient (Wildman–Crippen LogP) is 4.75. The molecule has 1 aromatic heterocycles. The van der Waals surface area contributed by atoms with Gasteiger partial charge in [-0.15, -0.1) is 0 Å². The first-order valence-electron chi connectivity index (χ1n) is 7.69. The van der Waals surface area contributed by atoms with E-state index in [0.717, 1.165) is 28.3 Å². The van der Waals surface area contributed by atoms with Gasteiger partial charge in [-0.2, -0.15) is 0 Å². The lowest BCUT2D eigenvalue weighted by atomic mass is 9.89. The van der Waals surface area contributed by atoms with Crippen LogP contribution in [-0.4, -0.2) is 11.0 Å². The maximum absolute atomic E-state index is 6.29. The molecule has 2 aromatic rings. The van der Waals surface area contributed by atoms with Crippen molar-refractivity contribution in [3.05, 3.63) is 40.0 Å². The standard InChI is InChI=1S/C18H23ClN2/c1-11-15(19)8-7-14-12(10-20-13-5-6-13)9-16(18(2,3)4)21-17(11)14/h7-9,13,20H,5-6,10H2,1-4H3. The highest BCUT2D eigenvalue weighted by Gasteiger charge is 2.22. The first-order chi connectivity index (χ1) is 9.86. The molecular weight excluding hydrogens is 280 g/mol. The third-order valence-electron chi connectivity index (χ3n) is 4.18. The van der Waals surface area contributed by atoms with Crippen LogP contribution in [0.3, 0.4) is 0 Å². The van der Waals surface area contributed by atoms with Gasteiger partial charge in [-0.05, 0) is 43.0 Å². The van der Waals surface area contributed by atoms with Gasteiger partial charge in [-0.3, -0.25) is 4.98 Å². The summed E-state index contributed by atoms with van der Waals surface area (Å²) in [4.78, 5) is 4.90. The van der Waals surface area contributed by atoms with Crippen molar-refractivity contribution < 1.29 is 0 Å². The quantitative estimate of drug-likeness (QED) is 0.885. The maximum atomic E-state index is 6.29. The number of benzene rings is 1. The lowest BCUT2D eigenvalue weighted by molar-refractivity contribution is 0.569. The first-order valence-corrected chi connectivity index (χ1v) is 8.06. The molecule has 1 aromatic carbocycles. The number of aryl methyl sites for hydroxylation is 1. The highest BCUT2D eigenvalue weighted by Crippen LogP contribution is 2.31. The van der Waals surface area contributed by atoms with E-state index in [0.29, 0.717) is 6.04 Å². The van der Waals surface area contributed by atoms with Crippen LogP contribution in [0.2, 0.25) is 5.02 Å². The van der Waals surface area contributed by atoms with Crippen molar-refractivity contribution in [3.8, 4) is 0 Å². The summed E-state index contributed by atoms with van der Waals surface area (Å²) in [6, 6.07) is 7.05. The van der Waals surface area contributed by atoms with Crippen molar-refractivity contribution in [2.45, 2.75) is 58.5 Å². The maximum Gasteiger partial charge on any atom is 0.0752 e. The molecule has 1 aliphatic carbocycles. The Morgan fingerprint density at radius 1 is 1.29 bits per heavy atom. The number of aromatic nitrogens is 1. The van der Waals surface area contributed by atoms with Crippen LogP contribution in [0.1, 0.15) is 50.4 Å². The van der Waals surface area contributed by atoms with Crippen LogP contribution >= 0.6 is 11.6 Å². The number of hydrogen-bond donors (Lipinski definition) is 1. The number of rotatable bonds is 3. The molecule has 0 aliphatic heterocycles. The van der Waals surface area contributed by atoms with Crippen LogP contribution in [0.5, 0.6) is 0 Å². The summed E-state index contributed by atoms with van der Waals surface area (Å²) in [5.41, 5.74) is 4.62. The van der Waals surface area contributed by atoms with E-state index in [1.54, 1.807) is 0 Å². The normalized spacial score (nSPS) is 15.7. The zero-order valence-electron chi connectivity index (χ0n) is 13.3. The molecule has 0 bridgehead atoms. The lowest BCUT2D eigenvalue weighted by Gasteiger charge is -2.21. The van der Waals surface area contributed by atoms with E-state index < -0.39 is 0 Å². The number of halogens is 1. The Morgan fingerprint density at radius 3 is 2.62 bits per heavy atom. The van der Waals surface area contributed by atoms with Gasteiger partial charge in [0.15, 0.2) is 0 Å². The van der Waals surface area contributed by atoms with Gasteiger partial charge in [0.25, 0.3) is 0 Å². The summed E-state index contributed by atoms with van der Waals surface area (Å²) >= 11 is 6.29. The molecule has 21 heavy (non-hydrogen) atoms. The van der Waals surface area contributed by atoms with Crippen molar-refractivity contribution in [1.82, 2.24) is 10.3 Å². The fraction of sp³-hybridized carbons (Fsp3) is 0.500. The molecular formula is C18H23ClN2. The second-order valence-electron chi connectivity index (χ2n) is 7.14. The summed E-state index contributed by atoms with van der Waals surface area (Å²) in [6.07, 6.45) is 2.61. The molecule has 1 N–H and O–H groups in total. The third kappa shape index (κ3) is 3.07. The molecule has 3 rings (SSSR count). The van der Waals surface area contributed by atoms with Gasteiger partial charge in [0.2, 0.25) is 0 Å². The van der Waals surface area contributed by atoms with E-state index in [1.165, 1.54) is 23.8 Å². The Kier molecular flexibility index (Phi) is 3.71. The minimum absolute atomic E-state index is 0.0390. The van der Waals surface area contributed by atoms with Crippen LogP contribution < -0.4 is 5.32 Å². The van der Waals surface area contributed by atoms with Gasteiger partial charge in [0.1, 0.15) is 0 Å². The molecule has 0 unspecified atom stereocenters. The van der Waals surface area contributed by atoms with Crippen molar-refractivity contribution >= 4 is 22.5 Å². The molecule has 0 spiro atoms. The molecule has 0 radical (unpaired) electrons. The molecule has 112 valence electrons. The molecule has 1 saturated carbocycles. The molecule has 0 atom stereocenters. The summed E-state index contributed by atoms with van der Waals surface area (Å²) in [6.45, 7) is 9.59. The summed E-state index contributed by atoms with van der Waals surface area (Å²) in [5, 5.41) is 5.63. The van der Waals surface area contributed by atoms with E-state index in [4.69, 9.17) is 16.6 Å². The number of nitrogens with one attached hydrogen (secondary N) is 1. The monoisotopic (exact) mass is 302 g/mol. The van der Waals surface area contributed by atoms with Gasteiger partial charge in [0.05, 0.1) is 5.52 Å². The van der Waals surface area contributed by atoms with Gasteiger partial charge in [-0.25, -0.2) is 0 Å². The van der Waals surface area contributed by atoms with Crippen molar-refractivity contribution in [2.24, 2.45) is 0 Å². The summed E-state index contributed by atoms with van der Waals surface area (Å²) < 4.78 is 0. The molecule has 1 aliphatic rings. The van der Waals surface area contributed by atoms with E-state index in [9.17, 15) is 0 Å². The Balaban J connectivity index is 2.14. The van der Waals surface area contributed by atoms with Gasteiger partial charge in [-0.1, -0.05) is 38.4 Å². The zero-order valence-corrected chi connectivity index (χ0v) is 14.0.